The third kappa shape index (κ3) is 4.10. The monoisotopic (exact) mass is 534 g/mol. The Morgan fingerprint density at radius 3 is 1.43 bits per heavy atom. The smallest absolute Gasteiger partial charge is 0.169 e. The van der Waals surface area contributed by atoms with Crippen molar-refractivity contribution in [2.45, 2.75) is 49.4 Å². The van der Waals surface area contributed by atoms with Gasteiger partial charge in [-0.15, -0.1) is 0 Å². The Bertz CT molecular complexity index is 1470. The zero-order chi connectivity index (χ0) is 27.5. The van der Waals surface area contributed by atoms with E-state index in [9.17, 15) is 10.2 Å². The molecule has 4 aliphatic carbocycles. The summed E-state index contributed by atoms with van der Waals surface area (Å²) in [5.74, 6) is 3.41. The number of phenolic OH excluding ortho intramolecular Hbond substituents is 2. The molecule has 0 aromatic heterocycles. The van der Waals surface area contributed by atoms with E-state index in [-0.39, 0.29) is 22.3 Å². The van der Waals surface area contributed by atoms with E-state index in [1.807, 2.05) is 24.3 Å². The first-order valence-corrected chi connectivity index (χ1v) is 14.0. The summed E-state index contributed by atoms with van der Waals surface area (Å²) < 4.78 is 12.2. The Hall–Kier alpha value is -4.32. The molecule has 4 fully saturated rings. The number of rotatable bonds is 6. The van der Waals surface area contributed by atoms with Crippen molar-refractivity contribution < 1.29 is 19.7 Å². The number of nitrogen functional groups attached to an aromatic ring is 2. The topological polar surface area (TPSA) is 111 Å². The Kier molecular flexibility index (Phi) is 5.63. The van der Waals surface area contributed by atoms with Gasteiger partial charge in [-0.1, -0.05) is 36.4 Å². The molecular weight excluding hydrogens is 500 g/mol. The third-order valence-electron chi connectivity index (χ3n) is 9.48. The van der Waals surface area contributed by atoms with E-state index in [1.165, 1.54) is 17.5 Å². The molecule has 40 heavy (non-hydrogen) atoms. The zero-order valence-corrected chi connectivity index (χ0v) is 22.3. The van der Waals surface area contributed by atoms with Crippen LogP contribution in [0.1, 0.15) is 49.7 Å². The van der Waals surface area contributed by atoms with Gasteiger partial charge >= 0.3 is 0 Å². The third-order valence-corrected chi connectivity index (χ3v) is 9.48. The minimum atomic E-state index is 0.0226. The van der Waals surface area contributed by atoms with Gasteiger partial charge in [0.1, 0.15) is 0 Å². The highest BCUT2D eigenvalue weighted by Crippen LogP contribution is 2.66. The van der Waals surface area contributed by atoms with Crippen LogP contribution >= 0.6 is 0 Å². The largest absolute Gasteiger partial charge is 0.504 e. The van der Waals surface area contributed by atoms with Crippen LogP contribution in [0.3, 0.4) is 0 Å². The van der Waals surface area contributed by atoms with Crippen molar-refractivity contribution in [3.63, 3.8) is 0 Å². The summed E-state index contributed by atoms with van der Waals surface area (Å²) >= 11 is 0. The Labute approximate surface area is 234 Å². The van der Waals surface area contributed by atoms with Crippen molar-refractivity contribution in [2.75, 3.05) is 11.5 Å². The number of phenols is 2. The lowest BCUT2D eigenvalue weighted by Crippen LogP contribution is -2.55. The van der Waals surface area contributed by atoms with E-state index >= 15 is 0 Å². The molecule has 4 aromatic rings. The van der Waals surface area contributed by atoms with E-state index in [4.69, 9.17) is 20.9 Å². The average molecular weight is 535 g/mol. The number of hydrogen-bond acceptors (Lipinski definition) is 6. The summed E-state index contributed by atoms with van der Waals surface area (Å²) in [4.78, 5) is 0. The minimum absolute atomic E-state index is 0.0226. The van der Waals surface area contributed by atoms with Gasteiger partial charge in [-0.05, 0) is 121 Å². The highest BCUT2D eigenvalue weighted by atomic mass is 16.5. The molecule has 4 aliphatic rings. The molecule has 0 unspecified atom stereocenters. The van der Waals surface area contributed by atoms with E-state index in [2.05, 4.69) is 24.3 Å². The second-order valence-electron chi connectivity index (χ2n) is 12.2. The van der Waals surface area contributed by atoms with Crippen LogP contribution in [-0.2, 0) is 10.8 Å². The van der Waals surface area contributed by atoms with Crippen LogP contribution in [0.4, 0.5) is 11.4 Å². The summed E-state index contributed by atoms with van der Waals surface area (Å²) in [6.07, 6.45) is 6.93. The Balaban J connectivity index is 1.25. The Morgan fingerprint density at radius 2 is 1.00 bits per heavy atom. The van der Waals surface area contributed by atoms with Crippen LogP contribution in [0.5, 0.6) is 34.5 Å². The molecule has 0 heterocycles. The number of para-hydroxylation sites is 4. The first kappa shape index (κ1) is 24.7. The van der Waals surface area contributed by atoms with Crippen molar-refractivity contribution in [3.05, 3.63) is 96.1 Å². The van der Waals surface area contributed by atoms with Crippen molar-refractivity contribution in [2.24, 2.45) is 11.8 Å². The van der Waals surface area contributed by atoms with Gasteiger partial charge in [-0.3, -0.25) is 0 Å². The van der Waals surface area contributed by atoms with Crippen LogP contribution in [0.25, 0.3) is 0 Å². The second kappa shape index (κ2) is 9.12. The predicted octanol–water partition coefficient (Wildman–Crippen LogP) is 7.64. The van der Waals surface area contributed by atoms with E-state index in [0.29, 0.717) is 46.2 Å². The first-order valence-electron chi connectivity index (χ1n) is 14.0. The number of ether oxygens (including phenoxy) is 2. The fourth-order valence-electron chi connectivity index (χ4n) is 8.17. The molecule has 6 N–H and O–H groups in total. The lowest BCUT2D eigenvalue weighted by Gasteiger charge is -2.62. The van der Waals surface area contributed by atoms with E-state index < -0.39 is 0 Å². The summed E-state index contributed by atoms with van der Waals surface area (Å²) in [5, 5.41) is 20.5. The fourth-order valence-corrected chi connectivity index (χ4v) is 8.17. The lowest BCUT2D eigenvalue weighted by atomic mass is 9.41. The molecule has 0 saturated heterocycles. The van der Waals surface area contributed by atoms with E-state index in [1.54, 1.807) is 36.4 Å². The quantitative estimate of drug-likeness (QED) is 0.189. The van der Waals surface area contributed by atoms with Crippen LogP contribution < -0.4 is 20.9 Å². The van der Waals surface area contributed by atoms with Gasteiger partial charge in [0.25, 0.3) is 0 Å². The molecular formula is C34H34N2O4. The van der Waals surface area contributed by atoms with Crippen molar-refractivity contribution in [1.82, 2.24) is 0 Å². The number of benzene rings is 4. The summed E-state index contributed by atoms with van der Waals surface area (Å²) in [6.45, 7) is 0. The maximum Gasteiger partial charge on any atom is 0.169 e. The van der Waals surface area contributed by atoms with Gasteiger partial charge in [-0.25, -0.2) is 0 Å². The van der Waals surface area contributed by atoms with Gasteiger partial charge in [-0.2, -0.15) is 0 Å². The number of hydrogen-bond donors (Lipinski definition) is 4. The molecule has 0 spiro atoms. The fraction of sp³-hybridized carbons (Fsp3) is 0.294. The lowest BCUT2D eigenvalue weighted by molar-refractivity contribution is -0.0282. The van der Waals surface area contributed by atoms with Gasteiger partial charge in [0, 0.05) is 0 Å². The number of aromatic hydroxyl groups is 2. The zero-order valence-electron chi connectivity index (χ0n) is 22.3. The maximum atomic E-state index is 10.3. The van der Waals surface area contributed by atoms with Gasteiger partial charge in [0.15, 0.2) is 34.5 Å². The van der Waals surface area contributed by atoms with E-state index in [0.717, 1.165) is 32.1 Å². The molecule has 4 bridgehead atoms. The van der Waals surface area contributed by atoms with Crippen molar-refractivity contribution >= 4 is 11.4 Å². The summed E-state index contributed by atoms with van der Waals surface area (Å²) in [5.41, 5.74) is 16.4. The van der Waals surface area contributed by atoms with Crippen molar-refractivity contribution in [3.8, 4) is 34.5 Å². The number of nitrogens with two attached hydrogens (primary N) is 2. The molecule has 6 nitrogen and oxygen atoms in total. The van der Waals surface area contributed by atoms with Gasteiger partial charge < -0.3 is 31.2 Å². The van der Waals surface area contributed by atoms with Gasteiger partial charge in [0.05, 0.1) is 11.4 Å². The van der Waals surface area contributed by atoms with Gasteiger partial charge in [0.2, 0.25) is 0 Å². The van der Waals surface area contributed by atoms with Crippen LogP contribution in [0.2, 0.25) is 0 Å². The SMILES string of the molecule is Nc1ccc(C23CC4CC(C2)CC(c2ccc(N)c(Oc5ccccc5O)c2)(C4)C3)cc1Oc1ccccc1O. The van der Waals surface area contributed by atoms with Crippen LogP contribution in [0, 0.1) is 11.8 Å². The molecule has 0 radical (unpaired) electrons. The summed E-state index contributed by atoms with van der Waals surface area (Å²) in [7, 11) is 0. The Morgan fingerprint density at radius 1 is 0.575 bits per heavy atom. The predicted molar refractivity (Wildman–Crippen MR) is 156 cm³/mol. The van der Waals surface area contributed by atoms with Crippen LogP contribution in [-0.4, -0.2) is 10.2 Å². The highest BCUT2D eigenvalue weighted by Gasteiger charge is 2.58. The molecule has 0 atom stereocenters. The molecule has 8 rings (SSSR count). The normalized spacial score (nSPS) is 26.5. The molecule has 0 aliphatic heterocycles. The molecule has 0 amide bonds. The molecule has 4 aromatic carbocycles. The minimum Gasteiger partial charge on any atom is -0.504 e. The molecule has 4 saturated carbocycles. The maximum absolute atomic E-state index is 10.3. The highest BCUT2D eigenvalue weighted by molar-refractivity contribution is 5.60. The standard InChI is InChI=1S/C34H34N2O4/c35-25-11-9-23(14-31(25)39-29-7-3-1-5-27(29)37)33-16-21-13-22(17-33)19-34(18-21,20-33)24-10-12-26(36)32(15-24)40-30-8-4-2-6-28(30)38/h1-12,14-15,21-22,37-38H,13,16-20,35-36H2. The molecule has 6 heteroatoms. The van der Waals surface area contributed by atoms with Crippen LogP contribution in [0.15, 0.2) is 84.9 Å². The van der Waals surface area contributed by atoms with Crippen molar-refractivity contribution in [1.29, 1.82) is 0 Å². The second-order valence-corrected chi connectivity index (χ2v) is 12.2. The average Bonchev–Trinajstić information content (AvgIpc) is 2.92. The number of anilines is 2. The first-order chi connectivity index (χ1) is 19.3. The summed E-state index contributed by atoms with van der Waals surface area (Å²) in [6, 6.07) is 26.3. The molecule has 204 valence electrons.